The van der Waals surface area contributed by atoms with Crippen molar-refractivity contribution < 1.29 is 22.7 Å². The normalized spacial score (nSPS) is 19.6. The molecule has 0 N–H and O–H groups in total. The van der Waals surface area contributed by atoms with Crippen molar-refractivity contribution >= 4 is 11.9 Å². The van der Waals surface area contributed by atoms with E-state index in [1.54, 1.807) is 4.90 Å². The summed E-state index contributed by atoms with van der Waals surface area (Å²) < 4.78 is 41.5. The maximum Gasteiger partial charge on any atom is 0.422 e. The highest BCUT2D eigenvalue weighted by Crippen LogP contribution is 2.26. The molecule has 188 valence electrons. The van der Waals surface area contributed by atoms with Gasteiger partial charge in [-0.3, -0.25) is 9.69 Å². The van der Waals surface area contributed by atoms with Gasteiger partial charge in [0.2, 0.25) is 11.8 Å². The number of piperazine rings is 1. The van der Waals surface area contributed by atoms with Gasteiger partial charge in [0.15, 0.2) is 6.61 Å². The van der Waals surface area contributed by atoms with E-state index in [9.17, 15) is 18.0 Å². The van der Waals surface area contributed by atoms with E-state index in [1.165, 1.54) is 37.6 Å². The van der Waals surface area contributed by atoms with Crippen molar-refractivity contribution in [3.8, 4) is 5.88 Å². The summed E-state index contributed by atoms with van der Waals surface area (Å²) in [6, 6.07) is 3.49. The lowest BCUT2D eigenvalue weighted by Gasteiger charge is -2.43. The number of ether oxygens (including phenoxy) is 1. The van der Waals surface area contributed by atoms with Crippen LogP contribution in [-0.4, -0.2) is 88.8 Å². The number of carbonyl (C=O) groups is 1. The standard InChI is InChI=1S/C24H29F3N6O2/c25-24(26,27)16-35-21-5-4-18(15-28-21)22(34)32-8-6-17-14-29-23(30-20(17)7-9-32)33-12-10-31(11-13-33)19-2-1-3-19/h4-5,14-15,19H,1-3,6-13,16H2. The number of nitrogens with zero attached hydrogens (tertiary/aromatic N) is 6. The highest BCUT2D eigenvalue weighted by atomic mass is 19.4. The summed E-state index contributed by atoms with van der Waals surface area (Å²) in [4.78, 5) is 32.9. The molecular formula is C24H29F3N6O2. The largest absolute Gasteiger partial charge is 0.468 e. The number of hydrogen-bond donors (Lipinski definition) is 0. The van der Waals surface area contributed by atoms with Gasteiger partial charge in [0.05, 0.1) is 11.3 Å². The lowest BCUT2D eigenvalue weighted by Crippen LogP contribution is -2.52. The first kappa shape index (κ1) is 23.8. The quantitative estimate of drug-likeness (QED) is 0.638. The molecule has 1 saturated heterocycles. The van der Waals surface area contributed by atoms with E-state index in [0.717, 1.165) is 49.4 Å². The lowest BCUT2D eigenvalue weighted by atomic mass is 9.91. The third kappa shape index (κ3) is 5.66. The number of hydrogen-bond acceptors (Lipinski definition) is 7. The first-order valence-corrected chi connectivity index (χ1v) is 12.1. The van der Waals surface area contributed by atoms with Gasteiger partial charge in [-0.2, -0.15) is 13.2 Å². The zero-order valence-corrected chi connectivity index (χ0v) is 19.5. The number of halogens is 3. The predicted octanol–water partition coefficient (Wildman–Crippen LogP) is 2.73. The van der Waals surface area contributed by atoms with Crippen molar-refractivity contribution in [1.82, 2.24) is 24.8 Å². The number of alkyl halides is 3. The maximum atomic E-state index is 13.0. The molecular weight excluding hydrogens is 461 g/mol. The number of anilines is 1. The summed E-state index contributed by atoms with van der Waals surface area (Å²) >= 11 is 0. The van der Waals surface area contributed by atoms with Gasteiger partial charge in [0.25, 0.3) is 5.91 Å². The van der Waals surface area contributed by atoms with E-state index in [2.05, 4.69) is 24.5 Å². The average molecular weight is 491 g/mol. The van der Waals surface area contributed by atoms with Crippen LogP contribution in [0, 0.1) is 0 Å². The first-order chi connectivity index (χ1) is 16.9. The Kier molecular flexibility index (Phi) is 6.77. The Morgan fingerprint density at radius 3 is 2.43 bits per heavy atom. The van der Waals surface area contributed by atoms with E-state index in [4.69, 9.17) is 4.98 Å². The number of rotatable bonds is 5. The molecule has 2 aromatic heterocycles. The summed E-state index contributed by atoms with van der Waals surface area (Å²) in [5.41, 5.74) is 2.33. The van der Waals surface area contributed by atoms with Crippen molar-refractivity contribution in [3.63, 3.8) is 0 Å². The second kappa shape index (κ2) is 9.96. The molecule has 0 atom stereocenters. The van der Waals surface area contributed by atoms with Gasteiger partial charge in [-0.25, -0.2) is 15.0 Å². The van der Waals surface area contributed by atoms with E-state index in [0.29, 0.717) is 31.5 Å². The Morgan fingerprint density at radius 1 is 1.00 bits per heavy atom. The van der Waals surface area contributed by atoms with E-state index in [-0.39, 0.29) is 11.8 Å². The predicted molar refractivity (Wildman–Crippen MR) is 123 cm³/mol. The fourth-order valence-corrected chi connectivity index (χ4v) is 4.79. The fraction of sp³-hybridized carbons (Fsp3) is 0.583. The molecule has 0 unspecified atom stereocenters. The van der Waals surface area contributed by atoms with E-state index >= 15 is 0 Å². The fourth-order valence-electron chi connectivity index (χ4n) is 4.79. The van der Waals surface area contributed by atoms with Crippen molar-refractivity contribution in [2.45, 2.75) is 44.3 Å². The summed E-state index contributed by atoms with van der Waals surface area (Å²) in [5.74, 6) is 0.377. The molecule has 1 saturated carbocycles. The SMILES string of the molecule is O=C(c1ccc(OCC(F)(F)F)nc1)N1CCc2cnc(N3CCN(C4CCC4)CC3)nc2CC1. The summed E-state index contributed by atoms with van der Waals surface area (Å²) in [5, 5.41) is 0. The van der Waals surface area contributed by atoms with Crippen LogP contribution in [0.2, 0.25) is 0 Å². The van der Waals surface area contributed by atoms with Gasteiger partial charge in [-0.1, -0.05) is 6.42 Å². The van der Waals surface area contributed by atoms with Crippen LogP contribution in [0.5, 0.6) is 5.88 Å². The molecule has 3 aliphatic rings. The molecule has 0 bridgehead atoms. The van der Waals surface area contributed by atoms with Gasteiger partial charge < -0.3 is 14.5 Å². The molecule has 4 heterocycles. The summed E-state index contributed by atoms with van der Waals surface area (Å²) in [6.45, 7) is 3.54. The second-order valence-corrected chi connectivity index (χ2v) is 9.33. The monoisotopic (exact) mass is 490 g/mol. The zero-order valence-electron chi connectivity index (χ0n) is 19.5. The Hall–Kier alpha value is -2.95. The Labute approximate surface area is 202 Å². The van der Waals surface area contributed by atoms with E-state index < -0.39 is 12.8 Å². The molecule has 0 spiro atoms. The summed E-state index contributed by atoms with van der Waals surface area (Å²) in [7, 11) is 0. The number of fused-ring (bicyclic) bond motifs is 1. The molecule has 35 heavy (non-hydrogen) atoms. The number of amides is 1. The minimum Gasteiger partial charge on any atom is -0.468 e. The van der Waals surface area contributed by atoms with Gasteiger partial charge in [-0.15, -0.1) is 0 Å². The van der Waals surface area contributed by atoms with Crippen LogP contribution in [-0.2, 0) is 12.8 Å². The van der Waals surface area contributed by atoms with E-state index in [1.807, 2.05) is 6.20 Å². The van der Waals surface area contributed by atoms with Crippen molar-refractivity contribution in [1.29, 1.82) is 0 Å². The Morgan fingerprint density at radius 2 is 1.77 bits per heavy atom. The molecule has 2 aromatic rings. The number of carbonyl (C=O) groups excluding carboxylic acids is 1. The summed E-state index contributed by atoms with van der Waals surface area (Å²) in [6.07, 6.45) is 3.95. The van der Waals surface area contributed by atoms with Gasteiger partial charge in [0, 0.05) is 70.2 Å². The molecule has 2 fully saturated rings. The number of aromatic nitrogens is 3. The third-order valence-electron chi connectivity index (χ3n) is 7.05. The molecule has 1 amide bonds. The number of pyridine rings is 1. The molecule has 0 radical (unpaired) electrons. The minimum atomic E-state index is -4.44. The molecule has 2 aliphatic heterocycles. The van der Waals surface area contributed by atoms with Crippen LogP contribution in [0.25, 0.3) is 0 Å². The molecule has 0 aromatic carbocycles. The second-order valence-electron chi connectivity index (χ2n) is 9.33. The molecule has 8 nitrogen and oxygen atoms in total. The van der Waals surface area contributed by atoms with Crippen LogP contribution < -0.4 is 9.64 Å². The zero-order chi connectivity index (χ0) is 24.4. The minimum absolute atomic E-state index is 0.168. The van der Waals surface area contributed by atoms with Gasteiger partial charge in [0.1, 0.15) is 0 Å². The highest BCUT2D eigenvalue weighted by molar-refractivity contribution is 5.94. The van der Waals surface area contributed by atoms with Crippen LogP contribution in [0.15, 0.2) is 24.5 Å². The average Bonchev–Trinajstić information content (AvgIpc) is 3.04. The Balaban J connectivity index is 1.17. The lowest BCUT2D eigenvalue weighted by molar-refractivity contribution is -0.154. The smallest absolute Gasteiger partial charge is 0.422 e. The van der Waals surface area contributed by atoms with Crippen LogP contribution in [0.1, 0.15) is 40.9 Å². The topological polar surface area (TPSA) is 74.7 Å². The molecule has 11 heteroatoms. The first-order valence-electron chi connectivity index (χ1n) is 12.1. The Bertz CT molecular complexity index is 1040. The maximum absolute atomic E-state index is 13.0. The third-order valence-corrected chi connectivity index (χ3v) is 7.05. The van der Waals surface area contributed by atoms with Gasteiger partial charge in [-0.05, 0) is 30.9 Å². The van der Waals surface area contributed by atoms with Crippen molar-refractivity contribution in [2.24, 2.45) is 0 Å². The van der Waals surface area contributed by atoms with Crippen LogP contribution in [0.3, 0.4) is 0 Å². The van der Waals surface area contributed by atoms with Crippen molar-refractivity contribution in [3.05, 3.63) is 41.3 Å². The highest BCUT2D eigenvalue weighted by Gasteiger charge is 2.30. The van der Waals surface area contributed by atoms with Gasteiger partial charge >= 0.3 is 6.18 Å². The van der Waals surface area contributed by atoms with Crippen LogP contribution in [0.4, 0.5) is 19.1 Å². The molecule has 5 rings (SSSR count). The van der Waals surface area contributed by atoms with Crippen molar-refractivity contribution in [2.75, 3.05) is 50.8 Å². The van der Waals surface area contributed by atoms with Crippen LogP contribution >= 0.6 is 0 Å². The molecule has 1 aliphatic carbocycles.